The summed E-state index contributed by atoms with van der Waals surface area (Å²) in [7, 11) is 0. The predicted molar refractivity (Wildman–Crippen MR) is 66.6 cm³/mol. The molecule has 0 unspecified atom stereocenters. The quantitative estimate of drug-likeness (QED) is 0.726. The van der Waals surface area contributed by atoms with Gasteiger partial charge in [-0.2, -0.15) is 0 Å². The van der Waals surface area contributed by atoms with Crippen molar-refractivity contribution in [3.63, 3.8) is 0 Å². The lowest BCUT2D eigenvalue weighted by molar-refractivity contribution is 0.0531. The Morgan fingerprint density at radius 1 is 1.25 bits per heavy atom. The van der Waals surface area contributed by atoms with Crippen molar-refractivity contribution in [1.82, 2.24) is 10.6 Å². The zero-order valence-corrected chi connectivity index (χ0v) is 11.1. The summed E-state index contributed by atoms with van der Waals surface area (Å²) in [5.41, 5.74) is -0.390. The number of carbonyl (C=O) groups excluding carboxylic acids is 1. The number of rotatable bonds is 1. The van der Waals surface area contributed by atoms with Gasteiger partial charge >= 0.3 is 6.09 Å². The predicted octanol–water partition coefficient (Wildman–Crippen LogP) is 2.29. The molecule has 0 saturated carbocycles. The molecule has 0 aromatic heterocycles. The van der Waals surface area contributed by atoms with Crippen LogP contribution in [-0.2, 0) is 4.74 Å². The minimum atomic E-state index is -0.390. The van der Waals surface area contributed by atoms with Gasteiger partial charge in [0.2, 0.25) is 0 Å². The van der Waals surface area contributed by atoms with Gasteiger partial charge < -0.3 is 15.4 Å². The van der Waals surface area contributed by atoms with Gasteiger partial charge in [-0.15, -0.1) is 0 Å². The Bertz CT molecular complexity index is 172. The summed E-state index contributed by atoms with van der Waals surface area (Å²) >= 11 is 0. The topological polar surface area (TPSA) is 50.4 Å². The molecular weight excluding hydrogens is 204 g/mol. The highest BCUT2D eigenvalue weighted by Crippen LogP contribution is 2.05. The molecule has 1 saturated heterocycles. The standard InChI is InChI=1S/C7H15NO2.C5H11N/c1-5-8-6(9)10-7(2,3)4;1-2-4-6-5-3-1/h5H2,1-4H3,(H,8,9);6H,1-5H2. The van der Waals surface area contributed by atoms with E-state index >= 15 is 0 Å². The second kappa shape index (κ2) is 8.39. The molecule has 0 radical (unpaired) electrons. The summed E-state index contributed by atoms with van der Waals surface area (Å²) in [4.78, 5) is 10.7. The molecule has 0 atom stereocenters. The molecule has 0 spiro atoms. The van der Waals surface area contributed by atoms with Gasteiger partial charge in [-0.3, -0.25) is 0 Å². The normalized spacial score (nSPS) is 15.8. The summed E-state index contributed by atoms with van der Waals surface area (Å²) in [6.45, 7) is 10.5. The molecule has 96 valence electrons. The molecule has 4 nitrogen and oxygen atoms in total. The number of piperidine rings is 1. The van der Waals surface area contributed by atoms with Gasteiger partial charge in [0.25, 0.3) is 0 Å². The second-order valence-corrected chi connectivity index (χ2v) is 4.84. The van der Waals surface area contributed by atoms with Crippen LogP contribution in [0, 0.1) is 0 Å². The summed E-state index contributed by atoms with van der Waals surface area (Å²) in [6, 6.07) is 0. The maximum Gasteiger partial charge on any atom is 0.407 e. The maximum atomic E-state index is 10.7. The molecule has 1 amide bonds. The van der Waals surface area contributed by atoms with Crippen molar-refractivity contribution < 1.29 is 9.53 Å². The monoisotopic (exact) mass is 230 g/mol. The fourth-order valence-electron chi connectivity index (χ4n) is 1.26. The van der Waals surface area contributed by atoms with Crippen molar-refractivity contribution in [3.05, 3.63) is 0 Å². The van der Waals surface area contributed by atoms with E-state index in [0.717, 1.165) is 0 Å². The van der Waals surface area contributed by atoms with Crippen LogP contribution in [0.25, 0.3) is 0 Å². The number of nitrogens with one attached hydrogen (secondary N) is 2. The first-order valence-corrected chi connectivity index (χ1v) is 6.13. The highest BCUT2D eigenvalue weighted by Gasteiger charge is 2.14. The summed E-state index contributed by atoms with van der Waals surface area (Å²) in [6.07, 6.45) is 3.86. The van der Waals surface area contributed by atoms with Gasteiger partial charge in [0.1, 0.15) is 5.60 Å². The van der Waals surface area contributed by atoms with Gasteiger partial charge in [-0.1, -0.05) is 6.42 Å². The number of hydrogen-bond donors (Lipinski definition) is 2. The third-order valence-electron chi connectivity index (χ3n) is 1.93. The van der Waals surface area contributed by atoms with Crippen LogP contribution in [0.15, 0.2) is 0 Å². The van der Waals surface area contributed by atoms with Crippen LogP contribution in [0.2, 0.25) is 0 Å². The average Bonchev–Trinajstić information content (AvgIpc) is 2.19. The van der Waals surface area contributed by atoms with Gasteiger partial charge in [-0.05, 0) is 53.6 Å². The van der Waals surface area contributed by atoms with E-state index in [0.29, 0.717) is 6.54 Å². The van der Waals surface area contributed by atoms with Crippen LogP contribution in [0.1, 0.15) is 47.0 Å². The van der Waals surface area contributed by atoms with Crippen LogP contribution < -0.4 is 10.6 Å². The number of amides is 1. The van der Waals surface area contributed by atoms with Crippen molar-refractivity contribution in [2.75, 3.05) is 19.6 Å². The number of alkyl carbamates (subject to hydrolysis) is 1. The van der Waals surface area contributed by atoms with E-state index in [1.54, 1.807) is 0 Å². The average molecular weight is 230 g/mol. The zero-order chi connectivity index (χ0) is 12.4. The molecule has 0 aliphatic carbocycles. The lowest BCUT2D eigenvalue weighted by Gasteiger charge is -2.19. The van der Waals surface area contributed by atoms with Crippen LogP contribution >= 0.6 is 0 Å². The van der Waals surface area contributed by atoms with Crippen LogP contribution in [0.4, 0.5) is 4.79 Å². The molecular formula is C12H26N2O2. The van der Waals surface area contributed by atoms with E-state index in [2.05, 4.69) is 10.6 Å². The third-order valence-corrected chi connectivity index (χ3v) is 1.93. The van der Waals surface area contributed by atoms with Crippen molar-refractivity contribution in [1.29, 1.82) is 0 Å². The molecule has 0 bridgehead atoms. The van der Waals surface area contributed by atoms with E-state index in [9.17, 15) is 4.79 Å². The second-order valence-electron chi connectivity index (χ2n) is 4.84. The molecule has 1 fully saturated rings. The van der Waals surface area contributed by atoms with E-state index in [1.807, 2.05) is 27.7 Å². The molecule has 1 rings (SSSR count). The number of hydrogen-bond acceptors (Lipinski definition) is 3. The highest BCUT2D eigenvalue weighted by atomic mass is 16.6. The minimum absolute atomic E-state index is 0.352. The molecule has 2 N–H and O–H groups in total. The Labute approximate surface area is 99.1 Å². The lowest BCUT2D eigenvalue weighted by Crippen LogP contribution is -2.32. The summed E-state index contributed by atoms with van der Waals surface area (Å²) in [5.74, 6) is 0. The molecule has 1 heterocycles. The van der Waals surface area contributed by atoms with Gasteiger partial charge in [0, 0.05) is 6.54 Å². The zero-order valence-electron chi connectivity index (χ0n) is 11.1. The number of ether oxygens (including phenoxy) is 1. The minimum Gasteiger partial charge on any atom is -0.444 e. The lowest BCUT2D eigenvalue weighted by atomic mass is 10.2. The van der Waals surface area contributed by atoms with Crippen molar-refractivity contribution >= 4 is 6.09 Å². The molecule has 0 aromatic carbocycles. The fraction of sp³-hybridized carbons (Fsp3) is 0.917. The SMILES string of the molecule is C1CCNCC1.CCNC(=O)OC(C)(C)C. The van der Waals surface area contributed by atoms with Crippen LogP contribution in [0.5, 0.6) is 0 Å². The molecule has 1 aliphatic heterocycles. The Morgan fingerprint density at radius 3 is 2.06 bits per heavy atom. The fourth-order valence-corrected chi connectivity index (χ4v) is 1.26. The number of carbonyl (C=O) groups is 1. The summed E-state index contributed by atoms with van der Waals surface area (Å²) < 4.78 is 4.93. The molecule has 1 aliphatic rings. The van der Waals surface area contributed by atoms with E-state index in [-0.39, 0.29) is 11.7 Å². The van der Waals surface area contributed by atoms with Gasteiger partial charge in [0.15, 0.2) is 0 Å². The first-order chi connectivity index (χ1) is 7.45. The molecule has 16 heavy (non-hydrogen) atoms. The van der Waals surface area contributed by atoms with E-state index in [4.69, 9.17) is 4.74 Å². The van der Waals surface area contributed by atoms with Gasteiger partial charge in [-0.25, -0.2) is 4.79 Å². The first-order valence-electron chi connectivity index (χ1n) is 6.13. The Hall–Kier alpha value is -0.770. The Kier molecular flexibility index (Phi) is 7.99. The van der Waals surface area contributed by atoms with Crippen molar-refractivity contribution in [3.8, 4) is 0 Å². The Morgan fingerprint density at radius 2 is 1.81 bits per heavy atom. The van der Waals surface area contributed by atoms with Crippen LogP contribution in [-0.4, -0.2) is 31.3 Å². The smallest absolute Gasteiger partial charge is 0.407 e. The van der Waals surface area contributed by atoms with Crippen molar-refractivity contribution in [2.45, 2.75) is 52.6 Å². The maximum absolute atomic E-state index is 10.7. The largest absolute Gasteiger partial charge is 0.444 e. The molecule has 0 aromatic rings. The molecule has 4 heteroatoms. The van der Waals surface area contributed by atoms with E-state index in [1.165, 1.54) is 32.4 Å². The van der Waals surface area contributed by atoms with Crippen LogP contribution in [0.3, 0.4) is 0 Å². The third kappa shape index (κ3) is 11.3. The Balaban J connectivity index is 0.000000315. The van der Waals surface area contributed by atoms with E-state index < -0.39 is 0 Å². The van der Waals surface area contributed by atoms with Gasteiger partial charge in [0.05, 0.1) is 0 Å². The highest BCUT2D eigenvalue weighted by molar-refractivity contribution is 5.67. The van der Waals surface area contributed by atoms with Crippen molar-refractivity contribution in [2.24, 2.45) is 0 Å². The first kappa shape index (κ1) is 15.2. The summed E-state index contributed by atoms with van der Waals surface area (Å²) in [5, 5.41) is 5.83.